The Hall–Kier alpha value is -3.74. The number of nitrogens with zero attached hydrogens (tertiary/aromatic N) is 3. The molecule has 3 heterocycles. The zero-order valence-corrected chi connectivity index (χ0v) is 20.1. The summed E-state index contributed by atoms with van der Waals surface area (Å²) in [6.45, 7) is 0. The van der Waals surface area contributed by atoms with Gasteiger partial charge in [0.15, 0.2) is 17.4 Å². The van der Waals surface area contributed by atoms with Gasteiger partial charge in [-0.15, -0.1) is 5.10 Å². The van der Waals surface area contributed by atoms with E-state index in [1.807, 2.05) is 18.2 Å². The fraction of sp³-hybridized carbons (Fsp3) is 0.333. The van der Waals surface area contributed by atoms with Crippen molar-refractivity contribution in [2.24, 2.45) is 0 Å². The molecule has 0 radical (unpaired) electrons. The summed E-state index contributed by atoms with van der Waals surface area (Å²) in [6, 6.07) is 10.4. The standard InChI is InChI=1S/C24H22F4N6O2S/c25-20-16(24(26,27)28)4-2-5-17(20)35-15-7-10-23(11-8-15,21-33-34-22(37)36-21)13-14-3-1-6-18(30-14)31-19-9-12-29-32-19/h1-6,9,12,15H,7-8,10-11,13H2,(H,34,37)(H2,29,30,31,32)/t15-,23-. The molecule has 37 heavy (non-hydrogen) atoms. The summed E-state index contributed by atoms with van der Waals surface area (Å²) in [5.41, 5.74) is -1.16. The summed E-state index contributed by atoms with van der Waals surface area (Å²) in [5.74, 6) is -0.163. The molecule has 194 valence electrons. The molecule has 1 aromatic carbocycles. The third-order valence-electron chi connectivity index (χ3n) is 6.43. The van der Waals surface area contributed by atoms with Gasteiger partial charge >= 0.3 is 6.18 Å². The highest BCUT2D eigenvalue weighted by atomic mass is 32.1. The van der Waals surface area contributed by atoms with E-state index in [2.05, 4.69) is 25.7 Å². The van der Waals surface area contributed by atoms with Gasteiger partial charge in [-0.25, -0.2) is 14.5 Å². The number of nitrogens with one attached hydrogen (secondary N) is 3. The predicted octanol–water partition coefficient (Wildman–Crippen LogP) is 6.25. The molecule has 1 aliphatic rings. The van der Waals surface area contributed by atoms with Crippen molar-refractivity contribution in [3.63, 3.8) is 0 Å². The van der Waals surface area contributed by atoms with Crippen molar-refractivity contribution in [3.8, 4) is 5.75 Å². The zero-order chi connectivity index (χ0) is 26.0. The average Bonchev–Trinajstić information content (AvgIpc) is 3.53. The summed E-state index contributed by atoms with van der Waals surface area (Å²) in [7, 11) is 0. The summed E-state index contributed by atoms with van der Waals surface area (Å²) < 4.78 is 65.2. The molecule has 0 bridgehead atoms. The lowest BCUT2D eigenvalue weighted by atomic mass is 9.70. The van der Waals surface area contributed by atoms with Crippen LogP contribution in [0.1, 0.15) is 42.8 Å². The Bertz CT molecular complexity index is 1410. The number of benzene rings is 1. The second kappa shape index (κ2) is 9.96. The number of H-pyrrole nitrogens is 2. The van der Waals surface area contributed by atoms with Gasteiger partial charge in [-0.1, -0.05) is 12.1 Å². The van der Waals surface area contributed by atoms with Crippen LogP contribution in [0.25, 0.3) is 0 Å². The number of hydrogen-bond acceptors (Lipinski definition) is 7. The number of pyridine rings is 1. The van der Waals surface area contributed by atoms with Crippen molar-refractivity contribution in [3.05, 3.63) is 76.5 Å². The molecule has 1 aliphatic carbocycles. The van der Waals surface area contributed by atoms with Gasteiger partial charge < -0.3 is 14.5 Å². The first-order valence-electron chi connectivity index (χ1n) is 11.5. The molecule has 13 heteroatoms. The minimum atomic E-state index is -4.80. The summed E-state index contributed by atoms with van der Waals surface area (Å²) in [5, 5.41) is 16.9. The molecule has 1 saturated carbocycles. The van der Waals surface area contributed by atoms with Gasteiger partial charge in [-0.3, -0.25) is 5.10 Å². The lowest BCUT2D eigenvalue weighted by Crippen LogP contribution is -2.38. The van der Waals surface area contributed by atoms with Gasteiger partial charge in [-0.2, -0.15) is 18.3 Å². The van der Waals surface area contributed by atoms with Gasteiger partial charge in [0, 0.05) is 24.4 Å². The van der Waals surface area contributed by atoms with Crippen molar-refractivity contribution >= 4 is 23.9 Å². The molecule has 8 nitrogen and oxygen atoms in total. The lowest BCUT2D eigenvalue weighted by Gasteiger charge is -2.37. The Morgan fingerprint density at radius 1 is 1.08 bits per heavy atom. The van der Waals surface area contributed by atoms with Gasteiger partial charge in [0.25, 0.3) is 4.84 Å². The largest absolute Gasteiger partial charge is 0.487 e. The fourth-order valence-electron chi connectivity index (χ4n) is 4.64. The van der Waals surface area contributed by atoms with Crippen LogP contribution < -0.4 is 10.1 Å². The third-order valence-corrected chi connectivity index (χ3v) is 6.60. The number of halogens is 4. The molecule has 4 aromatic rings. The molecule has 0 atom stereocenters. The van der Waals surface area contributed by atoms with Crippen LogP contribution >= 0.6 is 12.2 Å². The minimum absolute atomic E-state index is 0.140. The van der Waals surface area contributed by atoms with E-state index >= 15 is 0 Å². The van der Waals surface area contributed by atoms with Gasteiger partial charge in [0.1, 0.15) is 5.82 Å². The van der Waals surface area contributed by atoms with Crippen molar-refractivity contribution in [2.45, 2.75) is 49.8 Å². The van der Waals surface area contributed by atoms with E-state index in [0.717, 1.165) is 11.8 Å². The highest BCUT2D eigenvalue weighted by molar-refractivity contribution is 7.71. The number of aromatic nitrogens is 5. The Labute approximate surface area is 213 Å². The van der Waals surface area contributed by atoms with E-state index in [1.54, 1.807) is 12.3 Å². The molecular formula is C24H22F4N6O2S. The predicted molar refractivity (Wildman–Crippen MR) is 127 cm³/mol. The summed E-state index contributed by atoms with van der Waals surface area (Å²) in [4.78, 5) is 4.83. The molecule has 0 aliphatic heterocycles. The van der Waals surface area contributed by atoms with E-state index < -0.39 is 34.8 Å². The fourth-order valence-corrected chi connectivity index (χ4v) is 4.77. The maximum Gasteiger partial charge on any atom is 0.419 e. The van der Waals surface area contributed by atoms with Crippen LogP contribution in [0, 0.1) is 10.7 Å². The van der Waals surface area contributed by atoms with Crippen molar-refractivity contribution in [2.75, 3.05) is 5.32 Å². The van der Waals surface area contributed by atoms with E-state index in [9.17, 15) is 17.6 Å². The maximum absolute atomic E-state index is 14.5. The van der Waals surface area contributed by atoms with Crippen LogP contribution in [0.2, 0.25) is 0 Å². The third kappa shape index (κ3) is 5.50. The highest BCUT2D eigenvalue weighted by Crippen LogP contribution is 2.43. The number of aromatic amines is 2. The monoisotopic (exact) mass is 534 g/mol. The summed E-state index contributed by atoms with van der Waals surface area (Å²) >= 11 is 5.09. The van der Waals surface area contributed by atoms with Crippen LogP contribution in [0.5, 0.6) is 5.75 Å². The Kier molecular flexibility index (Phi) is 6.71. The van der Waals surface area contributed by atoms with Gasteiger partial charge in [0.2, 0.25) is 5.89 Å². The van der Waals surface area contributed by atoms with Gasteiger partial charge in [-0.05, 0) is 62.2 Å². The van der Waals surface area contributed by atoms with Crippen molar-refractivity contribution < 1.29 is 26.7 Å². The van der Waals surface area contributed by atoms with Crippen LogP contribution in [-0.4, -0.2) is 31.5 Å². The van der Waals surface area contributed by atoms with E-state index in [0.29, 0.717) is 55.7 Å². The molecular weight excluding hydrogens is 512 g/mol. The molecule has 5 rings (SSSR count). The lowest BCUT2D eigenvalue weighted by molar-refractivity contribution is -0.140. The normalized spacial score (nSPS) is 20.1. The first-order chi connectivity index (χ1) is 17.7. The number of ether oxygens (including phenoxy) is 1. The second-order valence-corrected chi connectivity index (χ2v) is 9.28. The van der Waals surface area contributed by atoms with E-state index in [-0.39, 0.29) is 4.84 Å². The highest BCUT2D eigenvalue weighted by Gasteiger charge is 2.43. The molecule has 0 saturated heterocycles. The first-order valence-corrected chi connectivity index (χ1v) is 11.9. The summed E-state index contributed by atoms with van der Waals surface area (Å²) in [6.07, 6.45) is -1.21. The molecule has 0 unspecified atom stereocenters. The Morgan fingerprint density at radius 2 is 1.86 bits per heavy atom. The topological polar surface area (TPSA) is 105 Å². The number of hydrogen-bond donors (Lipinski definition) is 3. The van der Waals surface area contributed by atoms with E-state index in [1.165, 1.54) is 6.07 Å². The number of rotatable bonds is 7. The quantitative estimate of drug-likeness (QED) is 0.190. The van der Waals surface area contributed by atoms with Crippen molar-refractivity contribution in [1.82, 2.24) is 25.4 Å². The van der Waals surface area contributed by atoms with Crippen LogP contribution in [0.4, 0.5) is 29.2 Å². The SMILES string of the molecule is Fc1c(O[C@H]2CC[C@](Cc3cccc(Nc4cc[nH]n4)n3)(c3n[nH]c(=S)o3)CC2)cccc1C(F)(F)F. The van der Waals surface area contributed by atoms with Crippen LogP contribution in [-0.2, 0) is 18.0 Å². The number of alkyl halides is 3. The number of anilines is 2. The average molecular weight is 535 g/mol. The van der Waals surface area contributed by atoms with Crippen LogP contribution in [0.3, 0.4) is 0 Å². The first kappa shape index (κ1) is 24.9. The Morgan fingerprint density at radius 3 is 2.54 bits per heavy atom. The molecule has 3 aromatic heterocycles. The molecule has 3 N–H and O–H groups in total. The Balaban J connectivity index is 1.34. The molecule has 0 spiro atoms. The van der Waals surface area contributed by atoms with E-state index in [4.69, 9.17) is 26.4 Å². The van der Waals surface area contributed by atoms with Crippen LogP contribution in [0.15, 0.2) is 53.1 Å². The minimum Gasteiger partial charge on any atom is -0.487 e. The second-order valence-electron chi connectivity index (χ2n) is 8.91. The molecule has 0 amide bonds. The zero-order valence-electron chi connectivity index (χ0n) is 19.3. The van der Waals surface area contributed by atoms with Crippen molar-refractivity contribution in [1.29, 1.82) is 0 Å². The molecule has 1 fully saturated rings. The van der Waals surface area contributed by atoms with Gasteiger partial charge in [0.05, 0.1) is 17.1 Å². The smallest absolute Gasteiger partial charge is 0.419 e. The maximum atomic E-state index is 14.5.